The van der Waals surface area contributed by atoms with Gasteiger partial charge in [-0.3, -0.25) is 14.9 Å². The van der Waals surface area contributed by atoms with E-state index in [4.69, 9.17) is 16.7 Å². The van der Waals surface area contributed by atoms with E-state index in [2.05, 4.69) is 10.6 Å². The number of nitrogens with one attached hydrogen (secondary N) is 2. The van der Waals surface area contributed by atoms with Crippen molar-refractivity contribution >= 4 is 35.2 Å². The van der Waals surface area contributed by atoms with Crippen LogP contribution in [0.5, 0.6) is 0 Å². The Morgan fingerprint density at radius 1 is 1.25 bits per heavy atom. The lowest BCUT2D eigenvalue weighted by molar-refractivity contribution is -0.137. The Morgan fingerprint density at radius 3 is 2.60 bits per heavy atom. The molecule has 0 saturated heterocycles. The fraction of sp³-hybridized carbons (Fsp3) is 0.308. The number of aliphatic carboxylic acids is 1. The van der Waals surface area contributed by atoms with Crippen molar-refractivity contribution in [3.8, 4) is 0 Å². The van der Waals surface area contributed by atoms with E-state index in [1.54, 1.807) is 18.2 Å². The molecule has 1 aromatic rings. The summed E-state index contributed by atoms with van der Waals surface area (Å²) in [5.74, 6) is -1.51. The van der Waals surface area contributed by atoms with Gasteiger partial charge in [0, 0.05) is 12.8 Å². The van der Waals surface area contributed by atoms with E-state index in [1.807, 2.05) is 6.92 Å². The van der Waals surface area contributed by atoms with Crippen LogP contribution in [0, 0.1) is 6.92 Å². The lowest BCUT2D eigenvalue weighted by atomic mass is 10.2. The smallest absolute Gasteiger partial charge is 0.325 e. The molecule has 0 bridgehead atoms. The number of halogens is 1. The molecular weight excluding hydrogens is 284 g/mol. The van der Waals surface area contributed by atoms with E-state index in [-0.39, 0.29) is 19.3 Å². The minimum absolute atomic E-state index is 0.0265. The van der Waals surface area contributed by atoms with Gasteiger partial charge in [0.05, 0.1) is 10.7 Å². The van der Waals surface area contributed by atoms with E-state index in [0.717, 1.165) is 5.56 Å². The average molecular weight is 299 g/mol. The molecule has 0 aliphatic rings. The number of hydrogen-bond donors (Lipinski definition) is 3. The molecule has 7 heteroatoms. The van der Waals surface area contributed by atoms with Crippen molar-refractivity contribution in [1.82, 2.24) is 5.32 Å². The number of amides is 3. The summed E-state index contributed by atoms with van der Waals surface area (Å²) in [7, 11) is 0. The van der Waals surface area contributed by atoms with Crippen molar-refractivity contribution < 1.29 is 19.5 Å². The number of benzene rings is 1. The highest BCUT2D eigenvalue weighted by molar-refractivity contribution is 6.33. The number of imide groups is 1. The molecule has 0 heterocycles. The molecular formula is C13H15ClN2O4. The molecule has 0 atom stereocenters. The number of aryl methyl sites for hydroxylation is 1. The van der Waals surface area contributed by atoms with Gasteiger partial charge in [0.25, 0.3) is 0 Å². The maximum atomic E-state index is 11.6. The summed E-state index contributed by atoms with van der Waals surface area (Å²) in [6, 6.07) is 4.42. The SMILES string of the molecule is Cc1ccc(Cl)c(NC(=O)NC(=O)CCCC(=O)O)c1. The molecule has 6 nitrogen and oxygen atoms in total. The van der Waals surface area contributed by atoms with Crippen molar-refractivity contribution in [3.05, 3.63) is 28.8 Å². The number of anilines is 1. The van der Waals surface area contributed by atoms with Gasteiger partial charge in [0.15, 0.2) is 0 Å². The van der Waals surface area contributed by atoms with Gasteiger partial charge >= 0.3 is 12.0 Å². The fourth-order valence-electron chi connectivity index (χ4n) is 1.48. The minimum Gasteiger partial charge on any atom is -0.481 e. The molecule has 1 aromatic carbocycles. The Kier molecular flexibility index (Phi) is 5.99. The first-order valence-electron chi connectivity index (χ1n) is 5.97. The van der Waals surface area contributed by atoms with Crippen molar-refractivity contribution in [2.75, 3.05) is 5.32 Å². The van der Waals surface area contributed by atoms with Crippen molar-refractivity contribution in [2.24, 2.45) is 0 Å². The summed E-state index contributed by atoms with van der Waals surface area (Å²) in [5, 5.41) is 13.4. The summed E-state index contributed by atoms with van der Waals surface area (Å²) < 4.78 is 0. The maximum Gasteiger partial charge on any atom is 0.325 e. The van der Waals surface area contributed by atoms with E-state index in [0.29, 0.717) is 10.7 Å². The Labute approximate surface area is 121 Å². The van der Waals surface area contributed by atoms with Gasteiger partial charge in [0.1, 0.15) is 0 Å². The number of urea groups is 1. The van der Waals surface area contributed by atoms with Gasteiger partial charge in [-0.15, -0.1) is 0 Å². The molecule has 0 unspecified atom stereocenters. The number of rotatable bonds is 5. The van der Waals surface area contributed by atoms with Gasteiger partial charge in [-0.2, -0.15) is 0 Å². The first kappa shape index (κ1) is 16.0. The summed E-state index contributed by atoms with van der Waals surface area (Å²) in [6.07, 6.45) is 0.0413. The van der Waals surface area contributed by atoms with E-state index < -0.39 is 17.9 Å². The van der Waals surface area contributed by atoms with E-state index in [1.165, 1.54) is 0 Å². The molecule has 20 heavy (non-hydrogen) atoms. The Morgan fingerprint density at radius 2 is 1.95 bits per heavy atom. The molecule has 0 aromatic heterocycles. The van der Waals surface area contributed by atoms with Crippen LogP contribution in [0.15, 0.2) is 18.2 Å². The molecule has 0 aliphatic carbocycles. The highest BCUT2D eigenvalue weighted by Gasteiger charge is 2.10. The second-order valence-corrected chi connectivity index (χ2v) is 4.64. The number of hydrogen-bond acceptors (Lipinski definition) is 3. The first-order valence-corrected chi connectivity index (χ1v) is 6.35. The minimum atomic E-state index is -0.978. The number of carboxylic acids is 1. The summed E-state index contributed by atoms with van der Waals surface area (Å²) in [6.45, 7) is 1.84. The van der Waals surface area contributed by atoms with Gasteiger partial charge < -0.3 is 10.4 Å². The average Bonchev–Trinajstić information content (AvgIpc) is 2.33. The quantitative estimate of drug-likeness (QED) is 0.778. The zero-order chi connectivity index (χ0) is 15.1. The van der Waals surface area contributed by atoms with Crippen molar-refractivity contribution in [2.45, 2.75) is 26.2 Å². The van der Waals surface area contributed by atoms with Gasteiger partial charge in [-0.05, 0) is 31.0 Å². The number of carboxylic acid groups (broad SMARTS) is 1. The molecule has 3 amide bonds. The van der Waals surface area contributed by atoms with Gasteiger partial charge in [-0.25, -0.2) is 4.79 Å². The predicted molar refractivity (Wildman–Crippen MR) is 74.8 cm³/mol. The van der Waals surface area contributed by atoms with Gasteiger partial charge in [0.2, 0.25) is 5.91 Å². The number of carbonyl (C=O) groups excluding carboxylic acids is 2. The van der Waals surface area contributed by atoms with Crippen molar-refractivity contribution in [1.29, 1.82) is 0 Å². The lowest BCUT2D eigenvalue weighted by Crippen LogP contribution is -2.34. The fourth-order valence-corrected chi connectivity index (χ4v) is 1.64. The molecule has 0 fully saturated rings. The largest absolute Gasteiger partial charge is 0.481 e. The van der Waals surface area contributed by atoms with Crippen LogP contribution in [0.4, 0.5) is 10.5 Å². The zero-order valence-electron chi connectivity index (χ0n) is 10.9. The number of carbonyl (C=O) groups is 3. The summed E-state index contributed by atoms with van der Waals surface area (Å²) in [4.78, 5) is 33.2. The third-order valence-electron chi connectivity index (χ3n) is 2.42. The zero-order valence-corrected chi connectivity index (χ0v) is 11.7. The lowest BCUT2D eigenvalue weighted by Gasteiger charge is -2.08. The maximum absolute atomic E-state index is 11.6. The molecule has 108 valence electrons. The van der Waals surface area contributed by atoms with E-state index >= 15 is 0 Å². The van der Waals surface area contributed by atoms with Crippen LogP contribution in [0.25, 0.3) is 0 Å². The summed E-state index contributed by atoms with van der Waals surface area (Å²) >= 11 is 5.90. The predicted octanol–water partition coefficient (Wildman–Crippen LogP) is 2.55. The topological polar surface area (TPSA) is 95.5 Å². The molecule has 0 saturated carbocycles. The highest BCUT2D eigenvalue weighted by atomic mass is 35.5. The second kappa shape index (κ2) is 7.49. The third kappa shape index (κ3) is 5.71. The first-order chi connectivity index (χ1) is 9.38. The molecule has 0 radical (unpaired) electrons. The normalized spacial score (nSPS) is 9.90. The second-order valence-electron chi connectivity index (χ2n) is 4.23. The van der Waals surface area contributed by atoms with Crippen LogP contribution >= 0.6 is 11.6 Å². The van der Waals surface area contributed by atoms with E-state index in [9.17, 15) is 14.4 Å². The molecule has 3 N–H and O–H groups in total. The van der Waals surface area contributed by atoms with Gasteiger partial charge in [-0.1, -0.05) is 17.7 Å². The van der Waals surface area contributed by atoms with Crippen LogP contribution in [0.1, 0.15) is 24.8 Å². The molecule has 1 rings (SSSR count). The molecule has 0 spiro atoms. The Bertz CT molecular complexity index is 531. The standard InChI is InChI=1S/C13H15ClN2O4/c1-8-5-6-9(14)10(7-8)15-13(20)16-11(17)3-2-4-12(18)19/h5-7H,2-4H2,1H3,(H,18,19)(H2,15,16,17,20). The van der Waals surface area contributed by atoms with Crippen LogP contribution in [0.2, 0.25) is 5.02 Å². The van der Waals surface area contributed by atoms with Crippen LogP contribution in [0.3, 0.4) is 0 Å². The summed E-state index contributed by atoms with van der Waals surface area (Å²) in [5.41, 5.74) is 1.32. The Balaban J connectivity index is 2.45. The van der Waals surface area contributed by atoms with Crippen LogP contribution < -0.4 is 10.6 Å². The van der Waals surface area contributed by atoms with Crippen LogP contribution in [-0.2, 0) is 9.59 Å². The van der Waals surface area contributed by atoms with Crippen LogP contribution in [-0.4, -0.2) is 23.0 Å². The third-order valence-corrected chi connectivity index (χ3v) is 2.75. The Hall–Kier alpha value is -2.08. The monoisotopic (exact) mass is 298 g/mol. The van der Waals surface area contributed by atoms with Crippen molar-refractivity contribution in [3.63, 3.8) is 0 Å². The molecule has 0 aliphatic heterocycles. The highest BCUT2D eigenvalue weighted by Crippen LogP contribution is 2.22.